The third-order valence-corrected chi connectivity index (χ3v) is 4.23. The number of ether oxygens (including phenoxy) is 1. The Hall–Kier alpha value is -1.39. The molecule has 2 rings (SSSR count). The first kappa shape index (κ1) is 14.0. The van der Waals surface area contributed by atoms with Crippen molar-refractivity contribution in [2.45, 2.75) is 39.0 Å². The summed E-state index contributed by atoms with van der Waals surface area (Å²) >= 11 is 0. The topological polar surface area (TPSA) is 64.3 Å². The minimum Gasteiger partial charge on any atom is -0.381 e. The van der Waals surface area contributed by atoms with Crippen LogP contribution in [0.1, 0.15) is 36.2 Å². The maximum absolute atomic E-state index is 11.1. The third kappa shape index (κ3) is 2.80. The SMILES string of the molecule is COC1CC(NCc2cccc(C(N)=O)c2)C1(C)C. The first-order valence-electron chi connectivity index (χ1n) is 6.60. The van der Waals surface area contributed by atoms with Crippen LogP contribution < -0.4 is 11.1 Å². The Bertz CT molecular complexity index is 471. The van der Waals surface area contributed by atoms with Gasteiger partial charge in [0.25, 0.3) is 0 Å². The number of hydrogen-bond donors (Lipinski definition) is 2. The lowest BCUT2D eigenvalue weighted by Gasteiger charge is -2.51. The molecule has 3 N–H and O–H groups in total. The molecule has 2 unspecified atom stereocenters. The highest BCUT2D eigenvalue weighted by molar-refractivity contribution is 5.92. The van der Waals surface area contributed by atoms with Gasteiger partial charge in [-0.25, -0.2) is 0 Å². The molecule has 0 radical (unpaired) electrons. The van der Waals surface area contributed by atoms with Gasteiger partial charge in [0.2, 0.25) is 5.91 Å². The van der Waals surface area contributed by atoms with Gasteiger partial charge in [0.05, 0.1) is 6.10 Å². The molecule has 0 saturated heterocycles. The van der Waals surface area contributed by atoms with Crippen LogP contribution in [0, 0.1) is 5.41 Å². The molecule has 1 aliphatic rings. The van der Waals surface area contributed by atoms with Crippen LogP contribution in [0.3, 0.4) is 0 Å². The second kappa shape index (κ2) is 5.31. The molecule has 0 aliphatic heterocycles. The van der Waals surface area contributed by atoms with Crippen LogP contribution in [0.2, 0.25) is 0 Å². The van der Waals surface area contributed by atoms with Crippen LogP contribution in [-0.2, 0) is 11.3 Å². The molecule has 1 saturated carbocycles. The minimum absolute atomic E-state index is 0.149. The Morgan fingerprint density at radius 3 is 2.84 bits per heavy atom. The number of nitrogens with one attached hydrogen (secondary N) is 1. The monoisotopic (exact) mass is 262 g/mol. The predicted molar refractivity (Wildman–Crippen MR) is 74.8 cm³/mol. The largest absolute Gasteiger partial charge is 0.381 e. The number of rotatable bonds is 5. The van der Waals surface area contributed by atoms with Crippen molar-refractivity contribution in [2.24, 2.45) is 11.1 Å². The average Bonchev–Trinajstić information content (AvgIpc) is 2.38. The molecule has 0 heterocycles. The van der Waals surface area contributed by atoms with Crippen LogP contribution in [-0.4, -0.2) is 25.2 Å². The van der Waals surface area contributed by atoms with E-state index in [9.17, 15) is 4.79 Å². The molecule has 104 valence electrons. The number of nitrogens with two attached hydrogens (primary N) is 1. The van der Waals surface area contributed by atoms with E-state index in [4.69, 9.17) is 10.5 Å². The second-order valence-corrected chi connectivity index (χ2v) is 5.78. The molecule has 4 heteroatoms. The molecule has 4 nitrogen and oxygen atoms in total. The highest BCUT2D eigenvalue weighted by atomic mass is 16.5. The number of primary amides is 1. The van der Waals surface area contributed by atoms with Gasteiger partial charge in [-0.05, 0) is 24.1 Å². The molecular weight excluding hydrogens is 240 g/mol. The lowest BCUT2D eigenvalue weighted by molar-refractivity contribution is -0.0979. The normalized spacial score (nSPS) is 24.8. The summed E-state index contributed by atoms with van der Waals surface area (Å²) in [5.74, 6) is -0.384. The zero-order valence-corrected chi connectivity index (χ0v) is 11.8. The molecule has 1 fully saturated rings. The first-order chi connectivity index (χ1) is 8.95. The number of benzene rings is 1. The molecule has 0 bridgehead atoms. The summed E-state index contributed by atoms with van der Waals surface area (Å²) < 4.78 is 5.43. The van der Waals surface area contributed by atoms with Crippen molar-refractivity contribution in [3.8, 4) is 0 Å². The number of hydrogen-bond acceptors (Lipinski definition) is 3. The van der Waals surface area contributed by atoms with E-state index in [1.165, 1.54) is 0 Å². The van der Waals surface area contributed by atoms with E-state index in [0.717, 1.165) is 18.5 Å². The quantitative estimate of drug-likeness (QED) is 0.848. The molecule has 0 spiro atoms. The Labute approximate surface area is 114 Å². The van der Waals surface area contributed by atoms with Crippen molar-refractivity contribution in [3.05, 3.63) is 35.4 Å². The van der Waals surface area contributed by atoms with Crippen molar-refractivity contribution in [2.75, 3.05) is 7.11 Å². The smallest absolute Gasteiger partial charge is 0.248 e. The predicted octanol–water partition coefficient (Wildman–Crippen LogP) is 1.69. The van der Waals surface area contributed by atoms with E-state index in [1.54, 1.807) is 13.2 Å². The molecular formula is C15H22N2O2. The summed E-state index contributed by atoms with van der Waals surface area (Å²) in [5.41, 5.74) is 7.06. The lowest BCUT2D eigenvalue weighted by Crippen LogP contribution is -2.60. The summed E-state index contributed by atoms with van der Waals surface area (Å²) in [7, 11) is 1.76. The highest BCUT2D eigenvalue weighted by Crippen LogP contribution is 2.42. The van der Waals surface area contributed by atoms with Crippen LogP contribution in [0.25, 0.3) is 0 Å². The Balaban J connectivity index is 1.93. The Morgan fingerprint density at radius 2 is 2.26 bits per heavy atom. The molecule has 0 aromatic heterocycles. The number of carbonyl (C=O) groups excluding carboxylic acids is 1. The van der Waals surface area contributed by atoms with E-state index in [-0.39, 0.29) is 11.3 Å². The van der Waals surface area contributed by atoms with Crippen LogP contribution in [0.4, 0.5) is 0 Å². The number of carbonyl (C=O) groups is 1. The summed E-state index contributed by atoms with van der Waals surface area (Å²) in [6, 6.07) is 7.88. The maximum Gasteiger partial charge on any atom is 0.248 e. The van der Waals surface area contributed by atoms with E-state index < -0.39 is 0 Å². The van der Waals surface area contributed by atoms with Crippen molar-refractivity contribution >= 4 is 5.91 Å². The molecule has 1 aliphatic carbocycles. The van der Waals surface area contributed by atoms with Crippen molar-refractivity contribution in [1.82, 2.24) is 5.32 Å². The fraction of sp³-hybridized carbons (Fsp3) is 0.533. The van der Waals surface area contributed by atoms with Gasteiger partial charge >= 0.3 is 0 Å². The number of methoxy groups -OCH3 is 1. The van der Waals surface area contributed by atoms with Gasteiger partial charge in [-0.1, -0.05) is 26.0 Å². The Kier molecular flexibility index (Phi) is 3.92. The summed E-state index contributed by atoms with van der Waals surface area (Å²) in [4.78, 5) is 11.1. The van der Waals surface area contributed by atoms with Gasteiger partial charge in [-0.15, -0.1) is 0 Å². The highest BCUT2D eigenvalue weighted by Gasteiger charge is 2.48. The molecule has 2 atom stereocenters. The van der Waals surface area contributed by atoms with E-state index in [1.807, 2.05) is 18.2 Å². The van der Waals surface area contributed by atoms with Gasteiger partial charge in [0.1, 0.15) is 0 Å². The van der Waals surface area contributed by atoms with Crippen molar-refractivity contribution < 1.29 is 9.53 Å². The molecule has 1 aromatic carbocycles. The zero-order valence-electron chi connectivity index (χ0n) is 11.8. The van der Waals surface area contributed by atoms with Gasteiger partial charge in [0.15, 0.2) is 0 Å². The van der Waals surface area contributed by atoms with Gasteiger partial charge in [-0.3, -0.25) is 4.79 Å². The summed E-state index contributed by atoms with van der Waals surface area (Å²) in [6.07, 6.45) is 1.35. The fourth-order valence-corrected chi connectivity index (χ4v) is 2.71. The van der Waals surface area contributed by atoms with E-state index in [0.29, 0.717) is 17.7 Å². The van der Waals surface area contributed by atoms with Crippen molar-refractivity contribution in [3.63, 3.8) is 0 Å². The van der Waals surface area contributed by atoms with Crippen LogP contribution in [0.5, 0.6) is 0 Å². The molecule has 1 aromatic rings. The van der Waals surface area contributed by atoms with Crippen molar-refractivity contribution in [1.29, 1.82) is 0 Å². The minimum atomic E-state index is -0.384. The number of amides is 1. The van der Waals surface area contributed by atoms with Crippen LogP contribution >= 0.6 is 0 Å². The third-order valence-electron chi connectivity index (χ3n) is 4.23. The first-order valence-corrected chi connectivity index (χ1v) is 6.60. The van der Waals surface area contributed by atoms with E-state index in [2.05, 4.69) is 19.2 Å². The standard InChI is InChI=1S/C15H22N2O2/c1-15(2)12(8-13(15)19-3)17-9-10-5-4-6-11(7-10)14(16)18/h4-7,12-13,17H,8-9H2,1-3H3,(H2,16,18). The van der Waals surface area contributed by atoms with Gasteiger partial charge in [-0.2, -0.15) is 0 Å². The Morgan fingerprint density at radius 1 is 1.53 bits per heavy atom. The zero-order chi connectivity index (χ0) is 14.0. The van der Waals surface area contributed by atoms with Gasteiger partial charge < -0.3 is 15.8 Å². The maximum atomic E-state index is 11.1. The molecule has 19 heavy (non-hydrogen) atoms. The molecule has 1 amide bonds. The summed E-state index contributed by atoms with van der Waals surface area (Å²) in [6.45, 7) is 5.16. The van der Waals surface area contributed by atoms with Crippen LogP contribution in [0.15, 0.2) is 24.3 Å². The lowest BCUT2D eigenvalue weighted by atomic mass is 9.64. The summed E-state index contributed by atoms with van der Waals surface area (Å²) in [5, 5.41) is 3.52. The fourth-order valence-electron chi connectivity index (χ4n) is 2.71. The average molecular weight is 262 g/mol. The van der Waals surface area contributed by atoms with Gasteiger partial charge in [0, 0.05) is 30.7 Å². The second-order valence-electron chi connectivity index (χ2n) is 5.78. The van der Waals surface area contributed by atoms with E-state index >= 15 is 0 Å².